The molecule has 0 saturated carbocycles. The predicted octanol–water partition coefficient (Wildman–Crippen LogP) is 2.74. The second kappa shape index (κ2) is 19.2. The van der Waals surface area contributed by atoms with Crippen molar-refractivity contribution in [1.29, 1.82) is 0 Å². The van der Waals surface area contributed by atoms with Gasteiger partial charge in [0.1, 0.15) is 0 Å². The van der Waals surface area contributed by atoms with Crippen LogP contribution in [0.4, 0.5) is 0 Å². The molecule has 5 rings (SSSR count). The van der Waals surface area contributed by atoms with Crippen molar-refractivity contribution in [2.45, 2.75) is 125 Å². The van der Waals surface area contributed by atoms with Crippen molar-refractivity contribution in [2.75, 3.05) is 0 Å². The average molecular weight is 806 g/mol. The van der Waals surface area contributed by atoms with E-state index in [0.29, 0.717) is 35.5 Å². The van der Waals surface area contributed by atoms with Crippen LogP contribution in [0.3, 0.4) is 0 Å². The second-order valence-electron chi connectivity index (χ2n) is 16.4. The SMILES string of the molecule is CC(C)c1cc(C(C)C)cc([Si](C2=[C]([Ti+3])C(c3ccccc3)=CC2)(c2cc(C(C)C)cc(C(C)C)c2)c2cc(C(C)C)cc(C(C)C)c2)c1.[Cl-].[Cl-].[Cl-]. The van der Waals surface area contributed by atoms with Gasteiger partial charge in [-0.25, -0.2) is 0 Å². The van der Waals surface area contributed by atoms with Gasteiger partial charge in [0, 0.05) is 0 Å². The van der Waals surface area contributed by atoms with Crippen molar-refractivity contribution in [3.05, 3.63) is 139 Å². The van der Waals surface area contributed by atoms with Gasteiger partial charge >= 0.3 is 314 Å². The summed E-state index contributed by atoms with van der Waals surface area (Å²) in [5, 5.41) is 6.29. The zero-order chi connectivity index (χ0) is 35.8. The van der Waals surface area contributed by atoms with Crippen LogP contribution < -0.4 is 52.8 Å². The molecular formula is C47H59Cl3SiTi. The van der Waals surface area contributed by atoms with Crippen LogP contribution in [-0.4, -0.2) is 8.07 Å². The topological polar surface area (TPSA) is 0 Å². The van der Waals surface area contributed by atoms with Crippen LogP contribution in [0.5, 0.6) is 0 Å². The molecule has 0 saturated heterocycles. The van der Waals surface area contributed by atoms with Crippen molar-refractivity contribution in [3.63, 3.8) is 0 Å². The molecule has 0 bridgehead atoms. The van der Waals surface area contributed by atoms with Crippen LogP contribution in [0.2, 0.25) is 0 Å². The Morgan fingerprint density at radius 2 is 0.731 bits per heavy atom. The van der Waals surface area contributed by atoms with Crippen molar-refractivity contribution in [1.82, 2.24) is 0 Å². The molecule has 52 heavy (non-hydrogen) atoms. The van der Waals surface area contributed by atoms with Crippen molar-refractivity contribution >= 4 is 29.2 Å². The van der Waals surface area contributed by atoms with Crippen LogP contribution in [-0.2, 0) is 20.4 Å². The Labute approximate surface area is 348 Å². The number of hydrogen-bond acceptors (Lipinski definition) is 0. The summed E-state index contributed by atoms with van der Waals surface area (Å²) in [7, 11) is -2.86. The third-order valence-corrected chi connectivity index (χ3v) is 17.0. The summed E-state index contributed by atoms with van der Waals surface area (Å²) in [5.41, 5.74) is 11.5. The van der Waals surface area contributed by atoms with E-state index in [1.807, 2.05) is 0 Å². The van der Waals surface area contributed by atoms with Gasteiger partial charge in [0.15, 0.2) is 0 Å². The molecule has 4 aromatic carbocycles. The Morgan fingerprint density at radius 3 is 1.00 bits per heavy atom. The zero-order valence-electron chi connectivity index (χ0n) is 33.5. The van der Waals surface area contributed by atoms with Crippen LogP contribution in [0, 0.1) is 0 Å². The molecule has 0 atom stereocenters. The Bertz CT molecular complexity index is 1630. The number of hydrogen-bond donors (Lipinski definition) is 0. The molecule has 0 spiro atoms. The molecular weight excluding hydrogens is 747 g/mol. The molecule has 0 N–H and O–H groups in total. The van der Waals surface area contributed by atoms with E-state index in [1.165, 1.54) is 48.4 Å². The average Bonchev–Trinajstić information content (AvgIpc) is 3.45. The van der Waals surface area contributed by atoms with Gasteiger partial charge in [0.25, 0.3) is 0 Å². The summed E-state index contributed by atoms with van der Waals surface area (Å²) in [6.45, 7) is 28.4. The summed E-state index contributed by atoms with van der Waals surface area (Å²) in [5.74, 6) is 2.68. The summed E-state index contributed by atoms with van der Waals surface area (Å²) >= 11 is 2.43. The van der Waals surface area contributed by atoms with Gasteiger partial charge in [0.05, 0.1) is 0 Å². The van der Waals surface area contributed by atoms with Gasteiger partial charge in [-0.2, -0.15) is 0 Å². The maximum atomic E-state index is 2.64. The molecule has 1 aliphatic rings. The van der Waals surface area contributed by atoms with Crippen LogP contribution in [0.15, 0.2) is 100 Å². The van der Waals surface area contributed by atoms with Gasteiger partial charge in [-0.1, -0.05) is 0 Å². The van der Waals surface area contributed by atoms with E-state index in [1.54, 1.807) is 20.8 Å². The van der Waals surface area contributed by atoms with E-state index >= 15 is 0 Å². The van der Waals surface area contributed by atoms with E-state index in [4.69, 9.17) is 0 Å². The largest absolute Gasteiger partial charge is 1.00 e. The summed E-state index contributed by atoms with van der Waals surface area (Å²) in [6, 6.07) is 34.4. The zero-order valence-corrected chi connectivity index (χ0v) is 38.3. The van der Waals surface area contributed by atoms with Gasteiger partial charge in [-0.05, 0) is 0 Å². The summed E-state index contributed by atoms with van der Waals surface area (Å²) in [6.07, 6.45) is 3.53. The fourth-order valence-corrected chi connectivity index (χ4v) is 14.2. The smallest absolute Gasteiger partial charge is 1.00 e. The predicted molar refractivity (Wildman–Crippen MR) is 215 cm³/mol. The minimum absolute atomic E-state index is 0. The van der Waals surface area contributed by atoms with Gasteiger partial charge in [-0.3, -0.25) is 0 Å². The van der Waals surface area contributed by atoms with E-state index in [9.17, 15) is 0 Å². The normalized spacial score (nSPS) is 13.3. The van der Waals surface area contributed by atoms with Crippen LogP contribution in [0.25, 0.3) is 5.57 Å². The van der Waals surface area contributed by atoms with Crippen LogP contribution >= 0.6 is 0 Å². The monoisotopic (exact) mass is 804 g/mol. The first-order valence-corrected chi connectivity index (χ1v) is 21.6. The Balaban J connectivity index is 0.00000312. The first-order chi connectivity index (χ1) is 23.1. The Hall–Kier alpha value is -1.84. The Morgan fingerprint density at radius 1 is 0.442 bits per heavy atom. The molecule has 4 aromatic rings. The van der Waals surface area contributed by atoms with Gasteiger partial charge in [-0.15, -0.1) is 0 Å². The molecule has 0 radical (unpaired) electrons. The molecule has 0 aliphatic heterocycles. The van der Waals surface area contributed by atoms with Gasteiger partial charge < -0.3 is 37.2 Å². The maximum absolute atomic E-state index is 2.86. The number of rotatable bonds is 11. The van der Waals surface area contributed by atoms with E-state index in [2.05, 4.69) is 195 Å². The molecule has 0 unspecified atom stereocenters. The summed E-state index contributed by atoms with van der Waals surface area (Å²) < 4.78 is 1.47. The first-order valence-electron chi connectivity index (χ1n) is 18.8. The third-order valence-electron chi connectivity index (χ3n) is 10.9. The number of halogens is 3. The van der Waals surface area contributed by atoms with E-state index in [-0.39, 0.29) is 37.2 Å². The van der Waals surface area contributed by atoms with E-state index in [0.717, 1.165) is 6.42 Å². The molecule has 1 aliphatic carbocycles. The summed E-state index contributed by atoms with van der Waals surface area (Å²) in [4.78, 5) is 0. The van der Waals surface area contributed by atoms with Crippen LogP contribution in [0.1, 0.15) is 164 Å². The second-order valence-corrected chi connectivity index (χ2v) is 21.0. The molecule has 0 fully saturated rings. The molecule has 0 nitrogen and oxygen atoms in total. The minimum Gasteiger partial charge on any atom is -1.00 e. The van der Waals surface area contributed by atoms with Crippen molar-refractivity contribution in [2.24, 2.45) is 0 Å². The quantitative estimate of drug-likeness (QED) is 0.162. The Kier molecular flexibility index (Phi) is 17.1. The number of allylic oxidation sites excluding steroid dienone is 4. The standard InChI is InChI=1S/C47H59Si.3ClH.Ti/c1-30(2)38-20-39(31(3)4)25-45(24-38)48(44-19-18-37(23-44)36-16-14-13-15-17-36,46-26-40(32(5)6)21-41(27-46)33(7)8)47-28-42(34(9)10)22-43(29-47)35(11)12;;;;/h13-18,20-22,24-35H,19H2,1-12H3;3*1H;/q;;;;+3/p-3. The molecule has 276 valence electrons. The van der Waals surface area contributed by atoms with Crippen molar-refractivity contribution in [3.8, 4) is 0 Å². The molecule has 0 aromatic heterocycles. The fourth-order valence-electron chi connectivity index (χ4n) is 7.49. The first kappa shape index (κ1) is 46.3. The van der Waals surface area contributed by atoms with Crippen molar-refractivity contribution < 1.29 is 57.7 Å². The molecule has 0 amide bonds. The van der Waals surface area contributed by atoms with E-state index < -0.39 is 8.07 Å². The van der Waals surface area contributed by atoms with Gasteiger partial charge in [0.2, 0.25) is 0 Å². The molecule has 0 heterocycles. The maximum Gasteiger partial charge on any atom is -1.00 e. The minimum atomic E-state index is -2.86. The third kappa shape index (κ3) is 9.33. The fraction of sp³-hybridized carbons (Fsp3) is 0.404. The molecule has 5 heteroatoms. The number of benzene rings is 4.